The van der Waals surface area contributed by atoms with Crippen molar-refractivity contribution >= 4 is 85.5 Å². The van der Waals surface area contributed by atoms with Crippen molar-refractivity contribution in [1.29, 1.82) is 0 Å². The molecule has 0 saturated carbocycles. The van der Waals surface area contributed by atoms with Crippen molar-refractivity contribution in [3.63, 3.8) is 0 Å². The zero-order chi connectivity index (χ0) is 43.6. The van der Waals surface area contributed by atoms with Crippen LogP contribution in [0, 0.1) is 0 Å². The van der Waals surface area contributed by atoms with Crippen molar-refractivity contribution in [2.45, 2.75) is 30.8 Å². The minimum Gasteiger partial charge on any atom is -0.390 e. The summed E-state index contributed by atoms with van der Waals surface area (Å²) in [6.45, 7) is 10.4. The third-order valence-electron chi connectivity index (χ3n) is 12.9. The first-order valence-electron chi connectivity index (χ1n) is 21.5. The Kier molecular flexibility index (Phi) is 13.6. The first kappa shape index (κ1) is 44.0. The van der Waals surface area contributed by atoms with Crippen molar-refractivity contribution in [3.05, 3.63) is 141 Å². The van der Waals surface area contributed by atoms with Crippen molar-refractivity contribution in [1.82, 2.24) is 29.6 Å². The molecule has 0 aliphatic carbocycles. The van der Waals surface area contributed by atoms with Gasteiger partial charge in [0.05, 0.1) is 35.3 Å². The van der Waals surface area contributed by atoms with E-state index in [1.165, 1.54) is 5.56 Å². The maximum absolute atomic E-state index is 12.8. The highest BCUT2D eigenvalue weighted by molar-refractivity contribution is 6.32. The number of anilines is 2. The first-order chi connectivity index (χ1) is 30.6. The Morgan fingerprint density at radius 1 is 0.540 bits per heavy atom. The molecule has 4 atom stereocenters. The Hall–Kier alpha value is -4.27. The van der Waals surface area contributed by atoms with Gasteiger partial charge in [-0.3, -0.25) is 29.5 Å². The molecule has 6 aromatic rings. The fourth-order valence-corrected chi connectivity index (χ4v) is 10.1. The number of fused-ring (bicyclic) bond motifs is 2. The smallest absolute Gasteiger partial charge is 0.253 e. The average Bonchev–Trinajstić information content (AvgIpc) is 3.89. The van der Waals surface area contributed by atoms with Crippen LogP contribution in [0.2, 0.25) is 20.1 Å². The van der Waals surface area contributed by atoms with Crippen molar-refractivity contribution in [2.75, 3.05) is 88.3 Å². The normalized spacial score (nSPS) is 22.5. The molecule has 15 heteroatoms. The molecule has 63 heavy (non-hydrogen) atoms. The Morgan fingerprint density at radius 3 is 1.48 bits per heavy atom. The Labute approximate surface area is 387 Å². The summed E-state index contributed by atoms with van der Waals surface area (Å²) < 4.78 is 0. The summed E-state index contributed by atoms with van der Waals surface area (Å²) in [7, 11) is 0. The summed E-state index contributed by atoms with van der Waals surface area (Å²) in [6, 6.07) is 30.9. The predicted molar refractivity (Wildman–Crippen MR) is 255 cm³/mol. The second-order valence-electron chi connectivity index (χ2n) is 16.8. The predicted octanol–water partition coefficient (Wildman–Crippen LogP) is 7.46. The number of aliphatic hydroxyl groups is 2. The molecule has 2 aromatic heterocycles. The van der Waals surface area contributed by atoms with Gasteiger partial charge in [-0.2, -0.15) is 0 Å². The van der Waals surface area contributed by atoms with E-state index < -0.39 is 6.10 Å². The van der Waals surface area contributed by atoms with Crippen LogP contribution in [0.25, 0.3) is 21.8 Å². The van der Waals surface area contributed by atoms with Gasteiger partial charge in [-0.1, -0.05) is 58.5 Å². The van der Waals surface area contributed by atoms with Crippen LogP contribution in [-0.4, -0.2) is 149 Å². The molecule has 2 N–H and O–H groups in total. The van der Waals surface area contributed by atoms with E-state index in [2.05, 4.69) is 46.6 Å². The molecule has 11 nitrogen and oxygen atoms in total. The highest BCUT2D eigenvalue weighted by Crippen LogP contribution is 2.33. The summed E-state index contributed by atoms with van der Waals surface area (Å²) in [5.41, 5.74) is 5.85. The average molecular weight is 929 g/mol. The Bertz CT molecular complexity index is 2540. The molecule has 10 rings (SSSR count). The van der Waals surface area contributed by atoms with Crippen molar-refractivity contribution < 1.29 is 15.0 Å². The first-order valence-corrected chi connectivity index (χ1v) is 23.0. The topological polar surface area (TPSA) is 103 Å². The van der Waals surface area contributed by atoms with Crippen molar-refractivity contribution in [2.24, 2.45) is 0 Å². The molecular weight excluding hydrogens is 878 g/mol. The Balaban J connectivity index is 0.000000160. The number of carbonyl (C=O) groups excluding carboxylic acids is 1. The zero-order valence-corrected chi connectivity index (χ0v) is 37.8. The van der Waals surface area contributed by atoms with E-state index in [1.807, 2.05) is 71.8 Å². The lowest BCUT2D eigenvalue weighted by Gasteiger charge is -2.38. The number of aromatic nitrogens is 2. The minimum atomic E-state index is -0.455. The minimum absolute atomic E-state index is 0.0248. The molecule has 6 heterocycles. The quantitative estimate of drug-likeness (QED) is 0.168. The van der Waals surface area contributed by atoms with Gasteiger partial charge in [0.1, 0.15) is 0 Å². The number of hydrogen-bond donors (Lipinski definition) is 2. The van der Waals surface area contributed by atoms with Gasteiger partial charge in [0, 0.05) is 145 Å². The standard InChI is InChI=1S/C24H24Cl2N4O2.C24H26Cl2N4O/c25-17-3-1-16(2-4-17)24(32)29-11-9-28(10-12-29)22-14-30(15-23(22)31)21-7-8-27-20-13-18(26)5-6-19(20)21;25-18-3-1-17(2-4-18)14-28-9-11-29(12-10-28)23-15-30(16-24(23)31)22-7-8-27-21-13-19(26)5-6-20(21)22/h1-8,13,22-23,31H,9-12,14-15H2;1-8,13,23-24,31H,9-12,14-16H2. The number of piperazine rings is 2. The fourth-order valence-electron chi connectivity index (χ4n) is 9.55. The molecule has 4 aliphatic rings. The van der Waals surface area contributed by atoms with Gasteiger partial charge >= 0.3 is 0 Å². The van der Waals surface area contributed by atoms with Crippen LogP contribution in [0.15, 0.2) is 109 Å². The van der Waals surface area contributed by atoms with E-state index in [0.29, 0.717) is 46.8 Å². The van der Waals surface area contributed by atoms with E-state index in [9.17, 15) is 15.0 Å². The highest BCUT2D eigenvalue weighted by atomic mass is 35.5. The van der Waals surface area contributed by atoms with Crippen LogP contribution in [0.5, 0.6) is 0 Å². The Morgan fingerprint density at radius 2 is 0.984 bits per heavy atom. The van der Waals surface area contributed by atoms with Crippen LogP contribution in [0.4, 0.5) is 11.4 Å². The second-order valence-corrected chi connectivity index (χ2v) is 18.6. The van der Waals surface area contributed by atoms with Gasteiger partial charge in [0.25, 0.3) is 5.91 Å². The molecule has 4 aliphatic heterocycles. The van der Waals surface area contributed by atoms with Gasteiger partial charge in [-0.05, 0) is 90.5 Å². The third-order valence-corrected chi connectivity index (χ3v) is 13.9. The van der Waals surface area contributed by atoms with Gasteiger partial charge < -0.3 is 24.9 Å². The molecule has 4 fully saturated rings. The fraction of sp³-hybridized carbons (Fsp3) is 0.354. The van der Waals surface area contributed by atoms with E-state index in [1.54, 1.807) is 30.5 Å². The monoisotopic (exact) mass is 926 g/mol. The molecule has 0 bridgehead atoms. The number of carbonyl (C=O) groups is 1. The maximum atomic E-state index is 12.8. The SMILES string of the molecule is O=C(c1ccc(Cl)cc1)N1CCN(C2CN(c3ccnc4cc(Cl)ccc34)CC2O)CC1.OC1CN(c2ccnc3cc(Cl)ccc23)CC1N1CCN(Cc2ccc(Cl)cc2)CC1. The molecule has 328 valence electrons. The maximum Gasteiger partial charge on any atom is 0.253 e. The summed E-state index contributed by atoms with van der Waals surface area (Å²) >= 11 is 24.2. The molecule has 0 spiro atoms. The summed E-state index contributed by atoms with van der Waals surface area (Å²) in [4.78, 5) is 35.3. The number of nitrogens with zero attached hydrogens (tertiary/aromatic N) is 8. The number of pyridine rings is 2. The summed E-state index contributed by atoms with van der Waals surface area (Å²) in [5, 5.41) is 26.6. The lowest BCUT2D eigenvalue weighted by Crippen LogP contribution is -2.54. The summed E-state index contributed by atoms with van der Waals surface area (Å²) in [6.07, 6.45) is 2.79. The number of amides is 1. The molecular formula is C48H50Cl4N8O3. The van der Waals surface area contributed by atoms with Crippen LogP contribution in [0.1, 0.15) is 15.9 Å². The lowest BCUT2D eigenvalue weighted by molar-refractivity contribution is 0.0376. The van der Waals surface area contributed by atoms with E-state index >= 15 is 0 Å². The van der Waals surface area contributed by atoms with E-state index in [0.717, 1.165) is 97.1 Å². The second kappa shape index (κ2) is 19.5. The van der Waals surface area contributed by atoms with Crippen molar-refractivity contribution in [3.8, 4) is 0 Å². The van der Waals surface area contributed by atoms with E-state index in [-0.39, 0.29) is 24.1 Å². The highest BCUT2D eigenvalue weighted by Gasteiger charge is 2.39. The van der Waals surface area contributed by atoms with Gasteiger partial charge in [0.15, 0.2) is 0 Å². The van der Waals surface area contributed by atoms with Gasteiger partial charge in [-0.25, -0.2) is 0 Å². The molecule has 4 saturated heterocycles. The summed E-state index contributed by atoms with van der Waals surface area (Å²) in [5.74, 6) is 0.0248. The molecule has 0 radical (unpaired) electrons. The number of benzene rings is 4. The number of hydrogen-bond acceptors (Lipinski definition) is 10. The molecule has 4 aromatic carbocycles. The van der Waals surface area contributed by atoms with Gasteiger partial charge in [0.2, 0.25) is 0 Å². The number of halogens is 4. The van der Waals surface area contributed by atoms with Crippen LogP contribution in [-0.2, 0) is 6.54 Å². The largest absolute Gasteiger partial charge is 0.390 e. The zero-order valence-electron chi connectivity index (χ0n) is 34.8. The molecule has 1 amide bonds. The third kappa shape index (κ3) is 10.0. The van der Waals surface area contributed by atoms with Crippen LogP contribution in [0.3, 0.4) is 0 Å². The van der Waals surface area contributed by atoms with Crippen LogP contribution < -0.4 is 9.80 Å². The number of aliphatic hydroxyl groups excluding tert-OH is 2. The van der Waals surface area contributed by atoms with Gasteiger partial charge in [-0.15, -0.1) is 0 Å². The molecule has 4 unspecified atom stereocenters. The van der Waals surface area contributed by atoms with Crippen LogP contribution >= 0.6 is 46.4 Å². The van der Waals surface area contributed by atoms with E-state index in [4.69, 9.17) is 46.4 Å². The number of rotatable bonds is 7. The lowest BCUT2D eigenvalue weighted by atomic mass is 10.1. The number of β-amino-alcohol motifs (C(OH)–C–C–N with tert-alkyl or cyclic N) is 2.